The fourth-order valence-electron chi connectivity index (χ4n) is 2.00. The van der Waals surface area contributed by atoms with Crippen LogP contribution < -0.4 is 4.90 Å². The van der Waals surface area contributed by atoms with Crippen LogP contribution in [0.1, 0.15) is 38.2 Å². The molecular formula is C13H18N2. The van der Waals surface area contributed by atoms with Crippen molar-refractivity contribution in [2.24, 2.45) is 0 Å². The van der Waals surface area contributed by atoms with Crippen molar-refractivity contribution in [1.29, 1.82) is 5.41 Å². The molecule has 15 heavy (non-hydrogen) atoms. The third kappa shape index (κ3) is 2.04. The first kappa shape index (κ1) is 10.2. The molecule has 80 valence electrons. The maximum atomic E-state index is 7.81. The maximum absolute atomic E-state index is 7.81. The molecule has 2 rings (SSSR count). The van der Waals surface area contributed by atoms with Crippen molar-refractivity contribution in [1.82, 2.24) is 0 Å². The highest BCUT2D eigenvalue weighted by atomic mass is 15.2. The van der Waals surface area contributed by atoms with Gasteiger partial charge in [-0.25, -0.2) is 0 Å². The number of amidine groups is 1. The number of nitrogens with zero attached hydrogens (tertiary/aromatic N) is 1. The van der Waals surface area contributed by atoms with Gasteiger partial charge in [0.1, 0.15) is 5.84 Å². The maximum Gasteiger partial charge on any atom is 0.100 e. The Bertz CT molecular complexity index is 351. The van der Waals surface area contributed by atoms with Crippen molar-refractivity contribution in [2.45, 2.75) is 32.6 Å². The van der Waals surface area contributed by atoms with E-state index in [2.05, 4.69) is 43.0 Å². The number of hydrogen-bond donors (Lipinski definition) is 1. The van der Waals surface area contributed by atoms with Crippen molar-refractivity contribution in [3.8, 4) is 0 Å². The average Bonchev–Trinajstić information content (AvgIpc) is 2.65. The van der Waals surface area contributed by atoms with Crippen LogP contribution in [0.2, 0.25) is 0 Å². The number of nitrogens with one attached hydrogen (secondary N) is 1. The lowest BCUT2D eigenvalue weighted by Gasteiger charge is -2.18. The summed E-state index contributed by atoms with van der Waals surface area (Å²) in [6, 6.07) is 8.61. The van der Waals surface area contributed by atoms with Crippen molar-refractivity contribution in [2.75, 3.05) is 11.4 Å². The van der Waals surface area contributed by atoms with Gasteiger partial charge in [-0.1, -0.05) is 26.0 Å². The summed E-state index contributed by atoms with van der Waals surface area (Å²) in [5.74, 6) is 1.34. The predicted molar refractivity (Wildman–Crippen MR) is 64.8 cm³/mol. The second-order valence-electron chi connectivity index (χ2n) is 4.45. The Hall–Kier alpha value is -1.31. The van der Waals surface area contributed by atoms with Crippen LogP contribution in [0.3, 0.4) is 0 Å². The molecule has 0 amide bonds. The highest BCUT2D eigenvalue weighted by Crippen LogP contribution is 2.23. The quantitative estimate of drug-likeness (QED) is 0.782. The molecule has 1 aliphatic heterocycles. The fraction of sp³-hybridized carbons (Fsp3) is 0.462. The van der Waals surface area contributed by atoms with E-state index in [0.717, 1.165) is 25.2 Å². The van der Waals surface area contributed by atoms with E-state index in [1.54, 1.807) is 0 Å². The van der Waals surface area contributed by atoms with E-state index in [1.807, 2.05) is 0 Å². The zero-order chi connectivity index (χ0) is 10.8. The molecule has 1 aromatic carbocycles. The van der Waals surface area contributed by atoms with Gasteiger partial charge in [-0.15, -0.1) is 0 Å². The predicted octanol–water partition coefficient (Wildman–Crippen LogP) is 3.39. The first-order valence-corrected chi connectivity index (χ1v) is 5.63. The van der Waals surface area contributed by atoms with Gasteiger partial charge < -0.3 is 4.90 Å². The summed E-state index contributed by atoms with van der Waals surface area (Å²) in [5, 5.41) is 7.81. The van der Waals surface area contributed by atoms with Crippen LogP contribution >= 0.6 is 0 Å². The molecule has 2 heteroatoms. The van der Waals surface area contributed by atoms with Gasteiger partial charge in [-0.2, -0.15) is 0 Å². The van der Waals surface area contributed by atoms with Gasteiger partial charge in [0.25, 0.3) is 0 Å². The van der Waals surface area contributed by atoms with Crippen LogP contribution in [-0.2, 0) is 0 Å². The Kier molecular flexibility index (Phi) is 2.76. The first-order chi connectivity index (χ1) is 7.18. The molecule has 0 aromatic heterocycles. The second kappa shape index (κ2) is 4.05. The Morgan fingerprint density at radius 1 is 1.20 bits per heavy atom. The normalized spacial score (nSPS) is 16.5. The standard InChI is InChI=1S/C13H18N2/c1-10(2)11-5-7-12(8-6-11)15-9-3-4-13(15)14/h5-8,10,14H,3-4,9H2,1-2H3. The Morgan fingerprint density at radius 2 is 1.87 bits per heavy atom. The minimum absolute atomic E-state index is 0.581. The number of benzene rings is 1. The summed E-state index contributed by atoms with van der Waals surface area (Å²) in [7, 11) is 0. The number of rotatable bonds is 2. The molecule has 0 saturated carbocycles. The van der Waals surface area contributed by atoms with E-state index in [1.165, 1.54) is 11.3 Å². The lowest BCUT2D eigenvalue weighted by Crippen LogP contribution is -2.22. The molecule has 0 atom stereocenters. The minimum atomic E-state index is 0.581. The van der Waals surface area contributed by atoms with Crippen molar-refractivity contribution < 1.29 is 0 Å². The van der Waals surface area contributed by atoms with E-state index in [9.17, 15) is 0 Å². The Balaban J connectivity index is 2.19. The van der Waals surface area contributed by atoms with Crippen LogP contribution in [0.4, 0.5) is 5.69 Å². The minimum Gasteiger partial charge on any atom is -0.330 e. The van der Waals surface area contributed by atoms with E-state index < -0.39 is 0 Å². The molecule has 1 saturated heterocycles. The molecule has 2 nitrogen and oxygen atoms in total. The van der Waals surface area contributed by atoms with Crippen LogP contribution in [0.15, 0.2) is 24.3 Å². The van der Waals surface area contributed by atoms with E-state index in [4.69, 9.17) is 5.41 Å². The van der Waals surface area contributed by atoms with E-state index >= 15 is 0 Å². The van der Waals surface area contributed by atoms with Crippen LogP contribution in [0.5, 0.6) is 0 Å². The molecule has 1 heterocycles. The van der Waals surface area contributed by atoms with Gasteiger partial charge in [-0.05, 0) is 30.0 Å². The zero-order valence-electron chi connectivity index (χ0n) is 9.46. The molecule has 0 spiro atoms. The summed E-state index contributed by atoms with van der Waals surface area (Å²) < 4.78 is 0. The summed E-state index contributed by atoms with van der Waals surface area (Å²) >= 11 is 0. The van der Waals surface area contributed by atoms with Gasteiger partial charge in [0.2, 0.25) is 0 Å². The third-order valence-electron chi connectivity index (χ3n) is 2.99. The number of anilines is 1. The molecular weight excluding hydrogens is 184 g/mol. The van der Waals surface area contributed by atoms with Crippen molar-refractivity contribution in [3.63, 3.8) is 0 Å². The van der Waals surface area contributed by atoms with Crippen LogP contribution in [0, 0.1) is 5.41 Å². The zero-order valence-corrected chi connectivity index (χ0v) is 9.46. The molecule has 0 aliphatic carbocycles. The molecule has 0 unspecified atom stereocenters. The average molecular weight is 202 g/mol. The van der Waals surface area contributed by atoms with Crippen molar-refractivity contribution >= 4 is 11.5 Å². The largest absolute Gasteiger partial charge is 0.330 e. The number of hydrogen-bond acceptors (Lipinski definition) is 1. The monoisotopic (exact) mass is 202 g/mol. The fourth-order valence-corrected chi connectivity index (χ4v) is 2.00. The first-order valence-electron chi connectivity index (χ1n) is 5.63. The van der Waals surface area contributed by atoms with Gasteiger partial charge in [0.15, 0.2) is 0 Å². The topological polar surface area (TPSA) is 27.1 Å². The lowest BCUT2D eigenvalue weighted by atomic mass is 10.0. The Morgan fingerprint density at radius 3 is 2.33 bits per heavy atom. The SMILES string of the molecule is CC(C)c1ccc(N2CCCC2=N)cc1. The third-order valence-corrected chi connectivity index (χ3v) is 2.99. The van der Waals surface area contributed by atoms with Crippen LogP contribution in [0.25, 0.3) is 0 Å². The van der Waals surface area contributed by atoms with E-state index in [0.29, 0.717) is 5.92 Å². The molecule has 0 radical (unpaired) electrons. The van der Waals surface area contributed by atoms with Gasteiger partial charge in [-0.3, -0.25) is 5.41 Å². The smallest absolute Gasteiger partial charge is 0.100 e. The molecule has 1 fully saturated rings. The molecule has 1 aliphatic rings. The van der Waals surface area contributed by atoms with Gasteiger partial charge in [0, 0.05) is 18.7 Å². The Labute approximate surface area is 91.4 Å². The lowest BCUT2D eigenvalue weighted by molar-refractivity contribution is 0.866. The summed E-state index contributed by atoms with van der Waals surface area (Å²) in [4.78, 5) is 2.10. The van der Waals surface area contributed by atoms with Crippen LogP contribution in [-0.4, -0.2) is 12.4 Å². The van der Waals surface area contributed by atoms with E-state index in [-0.39, 0.29) is 0 Å². The second-order valence-corrected chi connectivity index (χ2v) is 4.45. The summed E-state index contributed by atoms with van der Waals surface area (Å²) in [6.07, 6.45) is 2.04. The van der Waals surface area contributed by atoms with Gasteiger partial charge >= 0.3 is 0 Å². The molecule has 1 aromatic rings. The van der Waals surface area contributed by atoms with Gasteiger partial charge in [0.05, 0.1) is 0 Å². The summed E-state index contributed by atoms with van der Waals surface area (Å²) in [6.45, 7) is 5.40. The summed E-state index contributed by atoms with van der Waals surface area (Å²) in [5.41, 5.74) is 2.53. The highest BCUT2D eigenvalue weighted by molar-refractivity contribution is 5.97. The highest BCUT2D eigenvalue weighted by Gasteiger charge is 2.18. The molecule has 1 N–H and O–H groups in total. The molecule has 0 bridgehead atoms. The van der Waals surface area contributed by atoms with Crippen molar-refractivity contribution in [3.05, 3.63) is 29.8 Å².